The summed E-state index contributed by atoms with van der Waals surface area (Å²) in [7, 11) is 0. The molecule has 0 aromatic rings. The van der Waals surface area contributed by atoms with Crippen molar-refractivity contribution in [1.29, 1.82) is 0 Å². The third-order valence-electron chi connectivity index (χ3n) is 2.51. The van der Waals surface area contributed by atoms with Gasteiger partial charge in [0.05, 0.1) is 0 Å². The first-order chi connectivity index (χ1) is 7.45. The van der Waals surface area contributed by atoms with Crippen molar-refractivity contribution in [2.24, 2.45) is 0 Å². The summed E-state index contributed by atoms with van der Waals surface area (Å²) < 4.78 is 40.6. The number of hydrogen-bond donors (Lipinski definition) is 0. The van der Waals surface area contributed by atoms with Crippen molar-refractivity contribution in [2.45, 2.75) is 50.1 Å². The lowest BCUT2D eigenvalue weighted by Crippen LogP contribution is -2.37. The molecule has 0 bridgehead atoms. The lowest BCUT2D eigenvalue weighted by atomic mass is 9.97. The van der Waals surface area contributed by atoms with E-state index in [1.807, 2.05) is 6.92 Å². The zero-order chi connectivity index (χ0) is 12.2. The van der Waals surface area contributed by atoms with Gasteiger partial charge in [0.1, 0.15) is 6.10 Å². The molecule has 0 radical (unpaired) electrons. The smallest absolute Gasteiger partial charge is 0.455 e. The molecule has 16 heavy (non-hydrogen) atoms. The van der Waals surface area contributed by atoms with Gasteiger partial charge < -0.3 is 4.74 Å². The fourth-order valence-corrected chi connectivity index (χ4v) is 2.97. The van der Waals surface area contributed by atoms with Crippen LogP contribution < -0.4 is 0 Å². The maximum absolute atomic E-state index is 12.0. The van der Waals surface area contributed by atoms with Crippen LogP contribution in [-0.4, -0.2) is 29.3 Å². The summed E-state index contributed by atoms with van der Waals surface area (Å²) in [6, 6.07) is 0. The zero-order valence-corrected chi connectivity index (χ0v) is 9.87. The zero-order valence-electron chi connectivity index (χ0n) is 9.05. The maximum atomic E-state index is 12.0. The Morgan fingerprint density at radius 1 is 1.38 bits per heavy atom. The number of esters is 1. The van der Waals surface area contributed by atoms with Crippen LogP contribution in [0, 0.1) is 0 Å². The number of alkyl halides is 3. The van der Waals surface area contributed by atoms with E-state index in [0.717, 1.165) is 25.0 Å². The van der Waals surface area contributed by atoms with E-state index in [0.29, 0.717) is 6.42 Å². The Morgan fingerprint density at radius 2 is 2.00 bits per heavy atom. The van der Waals surface area contributed by atoms with Gasteiger partial charge in [-0.25, -0.2) is 4.79 Å². The molecule has 0 aliphatic heterocycles. The van der Waals surface area contributed by atoms with Crippen molar-refractivity contribution in [3.63, 3.8) is 0 Å². The molecular weight excluding hydrogens is 241 g/mol. The van der Waals surface area contributed by atoms with Crippen LogP contribution in [0.3, 0.4) is 0 Å². The van der Waals surface area contributed by atoms with E-state index in [4.69, 9.17) is 0 Å². The topological polar surface area (TPSA) is 26.3 Å². The summed E-state index contributed by atoms with van der Waals surface area (Å²) in [4.78, 5) is 10.7. The second-order valence-corrected chi connectivity index (χ2v) is 5.24. The third-order valence-corrected chi connectivity index (χ3v) is 3.81. The fourth-order valence-electron chi connectivity index (χ4n) is 1.81. The van der Waals surface area contributed by atoms with E-state index in [9.17, 15) is 18.0 Å². The molecule has 2 nitrogen and oxygen atoms in total. The Hall–Kier alpha value is -0.390. The van der Waals surface area contributed by atoms with Gasteiger partial charge >= 0.3 is 12.1 Å². The molecule has 0 unspecified atom stereocenters. The van der Waals surface area contributed by atoms with Gasteiger partial charge in [0.2, 0.25) is 0 Å². The lowest BCUT2D eigenvalue weighted by Gasteiger charge is -2.30. The van der Waals surface area contributed by atoms with Crippen LogP contribution in [0.5, 0.6) is 0 Å². The predicted molar refractivity (Wildman–Crippen MR) is 56.3 cm³/mol. The summed E-state index contributed by atoms with van der Waals surface area (Å²) in [5.74, 6) is -1.23. The summed E-state index contributed by atoms with van der Waals surface area (Å²) >= 11 is 1.57. The van der Waals surface area contributed by atoms with Gasteiger partial charge in [-0.2, -0.15) is 24.9 Å². The minimum atomic E-state index is -4.88. The van der Waals surface area contributed by atoms with Crippen molar-refractivity contribution in [3.05, 3.63) is 0 Å². The van der Waals surface area contributed by atoms with Crippen LogP contribution in [0.4, 0.5) is 13.2 Å². The Morgan fingerprint density at radius 3 is 2.56 bits per heavy atom. The van der Waals surface area contributed by atoms with E-state index in [1.54, 1.807) is 11.8 Å². The van der Waals surface area contributed by atoms with Crippen LogP contribution in [0.15, 0.2) is 0 Å². The van der Waals surface area contributed by atoms with Gasteiger partial charge in [0, 0.05) is 5.25 Å². The molecule has 6 heteroatoms. The molecule has 0 N–H and O–H groups in total. The lowest BCUT2D eigenvalue weighted by molar-refractivity contribution is -0.205. The average Bonchev–Trinajstić information content (AvgIpc) is 2.20. The van der Waals surface area contributed by atoms with Crippen LogP contribution >= 0.6 is 11.8 Å². The van der Waals surface area contributed by atoms with Gasteiger partial charge in [0.25, 0.3) is 0 Å². The number of hydrogen-bond acceptors (Lipinski definition) is 3. The summed E-state index contributed by atoms with van der Waals surface area (Å²) in [5, 5.41) is 0.0186. The highest BCUT2D eigenvalue weighted by Crippen LogP contribution is 2.32. The van der Waals surface area contributed by atoms with Crippen molar-refractivity contribution < 1.29 is 22.7 Å². The number of ether oxygens (including phenoxy) is 1. The van der Waals surface area contributed by atoms with Gasteiger partial charge in [-0.1, -0.05) is 13.3 Å². The average molecular weight is 256 g/mol. The van der Waals surface area contributed by atoms with Crippen molar-refractivity contribution >= 4 is 17.7 Å². The number of carbonyl (C=O) groups is 1. The van der Waals surface area contributed by atoms with Gasteiger partial charge in [0.15, 0.2) is 0 Å². The van der Waals surface area contributed by atoms with E-state index < -0.39 is 18.2 Å². The minimum Gasteiger partial charge on any atom is -0.455 e. The minimum absolute atomic E-state index is 0.0186. The number of carbonyl (C=O) groups excluding carboxylic acids is 1. The Balaban J connectivity index is 2.52. The van der Waals surface area contributed by atoms with Crippen LogP contribution in [-0.2, 0) is 9.53 Å². The predicted octanol–water partition coefficient (Wildman–Crippen LogP) is 3.16. The Kier molecular flexibility index (Phi) is 4.95. The highest BCUT2D eigenvalue weighted by Gasteiger charge is 2.43. The van der Waals surface area contributed by atoms with E-state index >= 15 is 0 Å². The SMILES string of the molecule is CCS[C@@H]1CCCC[C@H]1OC(=O)C(F)(F)F. The molecule has 1 aliphatic carbocycles. The molecule has 94 valence electrons. The van der Waals surface area contributed by atoms with Gasteiger partial charge in [-0.15, -0.1) is 0 Å². The summed E-state index contributed by atoms with van der Waals surface area (Å²) in [5.41, 5.74) is 0. The first-order valence-electron chi connectivity index (χ1n) is 5.34. The standard InChI is InChI=1S/C10H15F3O2S/c1-2-16-8-6-4-3-5-7(8)15-9(14)10(11,12)13/h7-8H,2-6H2,1H3/t7-,8-/m1/s1. The molecule has 0 saturated heterocycles. The van der Waals surface area contributed by atoms with Gasteiger partial charge in [-0.05, 0) is 25.0 Å². The van der Waals surface area contributed by atoms with Crippen molar-refractivity contribution in [3.8, 4) is 0 Å². The first kappa shape index (κ1) is 13.7. The number of thioether (sulfide) groups is 1. The molecule has 0 aromatic heterocycles. The first-order valence-corrected chi connectivity index (χ1v) is 6.39. The molecule has 0 amide bonds. The second kappa shape index (κ2) is 5.80. The molecule has 2 atom stereocenters. The van der Waals surface area contributed by atoms with Crippen molar-refractivity contribution in [1.82, 2.24) is 0 Å². The highest BCUT2D eigenvalue weighted by molar-refractivity contribution is 7.99. The van der Waals surface area contributed by atoms with Gasteiger partial charge in [-0.3, -0.25) is 0 Å². The van der Waals surface area contributed by atoms with Crippen LogP contribution in [0.25, 0.3) is 0 Å². The van der Waals surface area contributed by atoms with E-state index in [1.165, 1.54) is 0 Å². The molecule has 1 aliphatic rings. The summed E-state index contributed by atoms with van der Waals surface area (Å²) in [6.07, 6.45) is -2.26. The van der Waals surface area contributed by atoms with Crippen molar-refractivity contribution in [2.75, 3.05) is 5.75 Å². The quantitative estimate of drug-likeness (QED) is 0.725. The van der Waals surface area contributed by atoms with Crippen LogP contribution in [0.2, 0.25) is 0 Å². The molecule has 0 spiro atoms. The maximum Gasteiger partial charge on any atom is 0.490 e. The highest BCUT2D eigenvalue weighted by atomic mass is 32.2. The Bertz CT molecular complexity index is 241. The number of halogens is 3. The van der Waals surface area contributed by atoms with Crippen LogP contribution in [0.1, 0.15) is 32.6 Å². The third kappa shape index (κ3) is 3.88. The molecule has 0 heterocycles. The molecule has 0 aromatic carbocycles. The molecule has 1 rings (SSSR count). The fraction of sp³-hybridized carbons (Fsp3) is 0.900. The normalized spacial score (nSPS) is 26.5. The molecule has 1 fully saturated rings. The monoisotopic (exact) mass is 256 g/mol. The number of rotatable bonds is 3. The van der Waals surface area contributed by atoms with E-state index in [-0.39, 0.29) is 5.25 Å². The Labute approximate surface area is 96.9 Å². The van der Waals surface area contributed by atoms with E-state index in [2.05, 4.69) is 4.74 Å². The summed E-state index contributed by atoms with van der Waals surface area (Å²) in [6.45, 7) is 1.95. The molecule has 1 saturated carbocycles. The second-order valence-electron chi connectivity index (χ2n) is 3.72. The molecular formula is C10H15F3O2S. The largest absolute Gasteiger partial charge is 0.490 e.